The molecule has 0 aromatic heterocycles. The summed E-state index contributed by atoms with van der Waals surface area (Å²) in [6.07, 6.45) is 0. The van der Waals surface area contributed by atoms with E-state index in [4.69, 9.17) is 10.5 Å². The molecule has 0 aliphatic heterocycles. The zero-order valence-electron chi connectivity index (χ0n) is 9.42. The van der Waals surface area contributed by atoms with Gasteiger partial charge < -0.3 is 10.5 Å². The van der Waals surface area contributed by atoms with Gasteiger partial charge in [-0.2, -0.15) is 0 Å². The smallest absolute Gasteiger partial charge is 0.125 e. The van der Waals surface area contributed by atoms with Gasteiger partial charge in [-0.25, -0.2) is 0 Å². The predicted octanol–water partition coefficient (Wildman–Crippen LogP) is 2.97. The van der Waals surface area contributed by atoms with Crippen LogP contribution in [0.4, 0.5) is 0 Å². The first-order valence-electron chi connectivity index (χ1n) is 4.97. The summed E-state index contributed by atoms with van der Waals surface area (Å²) in [7, 11) is 0. The van der Waals surface area contributed by atoms with Crippen LogP contribution in [0.2, 0.25) is 0 Å². The van der Waals surface area contributed by atoms with Crippen molar-refractivity contribution < 1.29 is 4.74 Å². The summed E-state index contributed by atoms with van der Waals surface area (Å²) in [5.41, 5.74) is 9.30. The fraction of sp³-hybridized carbons (Fsp3) is 0.538. The topological polar surface area (TPSA) is 35.2 Å². The van der Waals surface area contributed by atoms with Gasteiger partial charge in [0.1, 0.15) is 12.4 Å². The maximum absolute atomic E-state index is 5.68. The summed E-state index contributed by atoms with van der Waals surface area (Å²) in [5, 5.41) is 0. The van der Waals surface area contributed by atoms with Gasteiger partial charge in [-0.1, -0.05) is 19.6 Å². The summed E-state index contributed by atoms with van der Waals surface area (Å²) < 4.78 is 5.68. The lowest BCUT2D eigenvalue weighted by Crippen LogP contribution is -2.24. The van der Waals surface area contributed by atoms with Gasteiger partial charge in [0.2, 0.25) is 0 Å². The Morgan fingerprint density at radius 3 is 2.27 bits per heavy atom. The molecule has 0 aliphatic rings. The van der Waals surface area contributed by atoms with Gasteiger partial charge in [-0.15, -0.1) is 0 Å². The maximum Gasteiger partial charge on any atom is 0.125 e. The number of nitrogens with two attached hydrogens (primary N) is 1. The van der Waals surface area contributed by atoms with Gasteiger partial charge in [-0.05, 0) is 44.4 Å². The van der Waals surface area contributed by atoms with Gasteiger partial charge in [0.25, 0.3) is 0 Å². The van der Waals surface area contributed by atoms with E-state index in [9.17, 15) is 0 Å². The third-order valence-electron chi connectivity index (χ3n) is 2.36. The second-order valence-electron chi connectivity index (χ2n) is 3.94. The van der Waals surface area contributed by atoms with Crippen molar-refractivity contribution in [2.45, 2.75) is 41.2 Å². The van der Waals surface area contributed by atoms with Crippen molar-refractivity contribution in [3.8, 4) is 5.75 Å². The van der Waals surface area contributed by atoms with Crippen LogP contribution in [-0.2, 0) is 0 Å². The zero-order valence-corrected chi connectivity index (χ0v) is 9.42. The van der Waals surface area contributed by atoms with Crippen molar-refractivity contribution in [2.75, 3.05) is 6.61 Å². The lowest BCUT2D eigenvalue weighted by atomic mass is 10.1. The summed E-state index contributed by atoms with van der Waals surface area (Å²) in [6.45, 7) is 8.75. The second kappa shape index (κ2) is 5.76. The summed E-state index contributed by atoms with van der Waals surface area (Å²) in [4.78, 5) is 0. The number of hydrogen-bond donors (Lipinski definition) is 1. The van der Waals surface area contributed by atoms with Crippen LogP contribution in [0.1, 0.15) is 31.0 Å². The van der Waals surface area contributed by atoms with Gasteiger partial charge in [-0.3, -0.25) is 0 Å². The highest BCUT2D eigenvalue weighted by Gasteiger charge is 2.06. The van der Waals surface area contributed by atoms with Crippen LogP contribution in [-0.4, -0.2) is 12.6 Å². The van der Waals surface area contributed by atoms with E-state index in [0.717, 1.165) is 5.75 Å². The first kappa shape index (κ1) is 14.0. The molecule has 0 fully saturated rings. The van der Waals surface area contributed by atoms with Crippen LogP contribution in [0.3, 0.4) is 0 Å². The van der Waals surface area contributed by atoms with Crippen molar-refractivity contribution in [2.24, 2.45) is 5.73 Å². The molecule has 86 valence electrons. The minimum atomic E-state index is 0. The van der Waals surface area contributed by atoms with Crippen LogP contribution in [0.15, 0.2) is 12.1 Å². The molecule has 0 bridgehead atoms. The molecule has 1 unspecified atom stereocenters. The van der Waals surface area contributed by atoms with Gasteiger partial charge in [0, 0.05) is 6.04 Å². The standard InChI is InChI=1S/C12H19NO.CH4/c1-8-5-6-9(2)12(11(8)4)14-7-10(3)13;/h5-6,10H,7,13H2,1-4H3;1H4. The number of ether oxygens (including phenoxy) is 1. The molecule has 2 heteroatoms. The molecular formula is C13H23NO. The molecule has 0 spiro atoms. The number of benzene rings is 1. The number of rotatable bonds is 3. The molecule has 0 aliphatic carbocycles. The first-order chi connectivity index (χ1) is 6.52. The van der Waals surface area contributed by atoms with Crippen LogP contribution >= 0.6 is 0 Å². The molecule has 0 amide bonds. The Morgan fingerprint density at radius 1 is 1.20 bits per heavy atom. The quantitative estimate of drug-likeness (QED) is 0.830. The first-order valence-corrected chi connectivity index (χ1v) is 4.97. The Bertz CT molecular complexity index is 319. The highest BCUT2D eigenvalue weighted by Crippen LogP contribution is 2.25. The SMILES string of the molecule is C.Cc1ccc(C)c(OCC(C)N)c1C. The predicted molar refractivity (Wildman–Crippen MR) is 66.5 cm³/mol. The molecule has 0 heterocycles. The Kier molecular flexibility index (Phi) is 5.37. The van der Waals surface area contributed by atoms with Gasteiger partial charge in [0.05, 0.1) is 0 Å². The summed E-state index contributed by atoms with van der Waals surface area (Å²) >= 11 is 0. The van der Waals surface area contributed by atoms with E-state index in [0.29, 0.717) is 6.61 Å². The van der Waals surface area contributed by atoms with Crippen molar-refractivity contribution in [3.05, 3.63) is 28.8 Å². The van der Waals surface area contributed by atoms with Crippen LogP contribution < -0.4 is 10.5 Å². The maximum atomic E-state index is 5.68. The number of aryl methyl sites for hydroxylation is 2. The van der Waals surface area contributed by atoms with Crippen molar-refractivity contribution in [3.63, 3.8) is 0 Å². The lowest BCUT2D eigenvalue weighted by molar-refractivity contribution is 0.292. The fourth-order valence-corrected chi connectivity index (χ4v) is 1.36. The van der Waals surface area contributed by atoms with E-state index in [1.807, 2.05) is 6.92 Å². The zero-order chi connectivity index (χ0) is 10.7. The molecule has 2 N–H and O–H groups in total. The van der Waals surface area contributed by atoms with Crippen LogP contribution in [0.25, 0.3) is 0 Å². The summed E-state index contributed by atoms with van der Waals surface area (Å²) in [6, 6.07) is 4.27. The van der Waals surface area contributed by atoms with E-state index >= 15 is 0 Å². The molecule has 1 aromatic carbocycles. The molecule has 1 atom stereocenters. The summed E-state index contributed by atoms with van der Waals surface area (Å²) in [5.74, 6) is 0.988. The highest BCUT2D eigenvalue weighted by atomic mass is 16.5. The average molecular weight is 209 g/mol. The molecule has 1 aromatic rings. The molecule has 2 nitrogen and oxygen atoms in total. The normalized spacial score (nSPS) is 11.8. The Hall–Kier alpha value is -1.02. The van der Waals surface area contributed by atoms with Crippen molar-refractivity contribution in [1.29, 1.82) is 0 Å². The van der Waals surface area contributed by atoms with E-state index in [2.05, 4.69) is 32.9 Å². The number of hydrogen-bond acceptors (Lipinski definition) is 2. The largest absolute Gasteiger partial charge is 0.491 e. The molecule has 0 saturated carbocycles. The minimum absolute atomic E-state index is 0. The molecular weight excluding hydrogens is 186 g/mol. The molecule has 0 saturated heterocycles. The third-order valence-corrected chi connectivity index (χ3v) is 2.36. The molecule has 1 rings (SSSR count). The fourth-order valence-electron chi connectivity index (χ4n) is 1.36. The van der Waals surface area contributed by atoms with Crippen molar-refractivity contribution in [1.82, 2.24) is 0 Å². The lowest BCUT2D eigenvalue weighted by Gasteiger charge is -2.15. The highest BCUT2D eigenvalue weighted by molar-refractivity contribution is 5.44. The molecule has 0 radical (unpaired) electrons. The van der Waals surface area contributed by atoms with Crippen LogP contribution in [0.5, 0.6) is 5.75 Å². The van der Waals surface area contributed by atoms with E-state index in [1.165, 1.54) is 16.7 Å². The average Bonchev–Trinajstić information content (AvgIpc) is 2.11. The van der Waals surface area contributed by atoms with Gasteiger partial charge >= 0.3 is 0 Å². The second-order valence-corrected chi connectivity index (χ2v) is 3.94. The van der Waals surface area contributed by atoms with E-state index < -0.39 is 0 Å². The third kappa shape index (κ3) is 3.56. The van der Waals surface area contributed by atoms with Gasteiger partial charge in [0.15, 0.2) is 0 Å². The van der Waals surface area contributed by atoms with Crippen LogP contribution in [0, 0.1) is 20.8 Å². The van der Waals surface area contributed by atoms with Crippen molar-refractivity contribution >= 4 is 0 Å². The Labute approximate surface area is 93.4 Å². The van der Waals surface area contributed by atoms with E-state index in [-0.39, 0.29) is 13.5 Å². The monoisotopic (exact) mass is 209 g/mol. The Morgan fingerprint density at radius 2 is 1.73 bits per heavy atom. The molecule has 15 heavy (non-hydrogen) atoms. The van der Waals surface area contributed by atoms with E-state index in [1.54, 1.807) is 0 Å². The minimum Gasteiger partial charge on any atom is -0.491 e. The Balaban J connectivity index is 0.00000196.